The molecule has 1 aromatic carbocycles. The topological polar surface area (TPSA) is 35.5 Å². The average Bonchev–Trinajstić information content (AvgIpc) is 2.86. The Morgan fingerprint density at radius 1 is 1.37 bits per heavy atom. The number of rotatable bonds is 6. The Labute approximate surface area is 116 Å². The molecule has 0 saturated carbocycles. The molecule has 0 bridgehead atoms. The predicted molar refractivity (Wildman–Crippen MR) is 79.5 cm³/mol. The number of hydrogen-bond donors (Lipinski definition) is 2. The van der Waals surface area contributed by atoms with Gasteiger partial charge in [0, 0.05) is 18.6 Å². The van der Waals surface area contributed by atoms with Gasteiger partial charge in [-0.05, 0) is 57.0 Å². The van der Waals surface area contributed by atoms with Gasteiger partial charge in [0.1, 0.15) is 5.75 Å². The first-order chi connectivity index (χ1) is 9.19. The summed E-state index contributed by atoms with van der Waals surface area (Å²) >= 11 is 0. The lowest BCUT2D eigenvalue weighted by Gasteiger charge is -2.25. The Bertz CT molecular complexity index is 377. The smallest absolute Gasteiger partial charge is 0.115 e. The SMILES string of the molecule is CCN1CCCC1CNC(C)Cc1ccc(O)cc1. The zero-order valence-corrected chi connectivity index (χ0v) is 12.1. The van der Waals surface area contributed by atoms with Gasteiger partial charge in [-0.2, -0.15) is 0 Å². The first-order valence-corrected chi connectivity index (χ1v) is 7.44. The molecule has 1 heterocycles. The lowest BCUT2D eigenvalue weighted by atomic mass is 10.1. The van der Waals surface area contributed by atoms with E-state index in [2.05, 4.69) is 24.1 Å². The summed E-state index contributed by atoms with van der Waals surface area (Å²) in [5, 5.41) is 12.9. The molecule has 2 atom stereocenters. The van der Waals surface area contributed by atoms with Gasteiger partial charge in [-0.25, -0.2) is 0 Å². The molecule has 2 N–H and O–H groups in total. The van der Waals surface area contributed by atoms with Crippen LogP contribution in [0.3, 0.4) is 0 Å². The maximum Gasteiger partial charge on any atom is 0.115 e. The monoisotopic (exact) mass is 262 g/mol. The van der Waals surface area contributed by atoms with Gasteiger partial charge in [0.15, 0.2) is 0 Å². The van der Waals surface area contributed by atoms with E-state index in [0.29, 0.717) is 17.8 Å². The van der Waals surface area contributed by atoms with Crippen LogP contribution in [-0.2, 0) is 6.42 Å². The van der Waals surface area contributed by atoms with Crippen LogP contribution in [0.2, 0.25) is 0 Å². The van der Waals surface area contributed by atoms with Crippen molar-refractivity contribution in [2.24, 2.45) is 0 Å². The molecule has 3 nitrogen and oxygen atoms in total. The second-order valence-corrected chi connectivity index (χ2v) is 5.60. The Kier molecular flexibility index (Phi) is 5.23. The van der Waals surface area contributed by atoms with Crippen molar-refractivity contribution in [2.45, 2.75) is 45.2 Å². The van der Waals surface area contributed by atoms with Crippen molar-refractivity contribution in [3.63, 3.8) is 0 Å². The largest absolute Gasteiger partial charge is 0.508 e. The molecule has 1 saturated heterocycles. The van der Waals surface area contributed by atoms with E-state index in [1.165, 1.54) is 31.5 Å². The number of nitrogens with zero attached hydrogens (tertiary/aromatic N) is 1. The third-order valence-corrected chi connectivity index (χ3v) is 4.09. The molecule has 2 unspecified atom stereocenters. The molecule has 106 valence electrons. The third kappa shape index (κ3) is 4.22. The van der Waals surface area contributed by atoms with Crippen molar-refractivity contribution in [3.8, 4) is 5.75 Å². The number of likely N-dealkylation sites (N-methyl/N-ethyl adjacent to an activating group) is 1. The molecule has 0 aliphatic carbocycles. The lowest BCUT2D eigenvalue weighted by Crippen LogP contribution is -2.41. The van der Waals surface area contributed by atoms with Crippen molar-refractivity contribution >= 4 is 0 Å². The molecular weight excluding hydrogens is 236 g/mol. The van der Waals surface area contributed by atoms with E-state index in [1.54, 1.807) is 12.1 Å². The fourth-order valence-corrected chi connectivity index (χ4v) is 2.94. The number of likely N-dealkylation sites (tertiary alicyclic amines) is 1. The van der Waals surface area contributed by atoms with Crippen molar-refractivity contribution in [3.05, 3.63) is 29.8 Å². The molecule has 2 rings (SSSR count). The fraction of sp³-hybridized carbons (Fsp3) is 0.625. The van der Waals surface area contributed by atoms with Crippen molar-refractivity contribution in [2.75, 3.05) is 19.6 Å². The van der Waals surface area contributed by atoms with Gasteiger partial charge in [-0.15, -0.1) is 0 Å². The molecule has 1 aliphatic heterocycles. The molecule has 0 amide bonds. The summed E-state index contributed by atoms with van der Waals surface area (Å²) in [5.41, 5.74) is 1.27. The van der Waals surface area contributed by atoms with Gasteiger partial charge in [-0.3, -0.25) is 4.90 Å². The Balaban J connectivity index is 1.75. The molecule has 0 spiro atoms. The number of nitrogens with one attached hydrogen (secondary N) is 1. The van der Waals surface area contributed by atoms with Gasteiger partial charge in [-0.1, -0.05) is 19.1 Å². The van der Waals surface area contributed by atoms with Crippen LogP contribution in [0.5, 0.6) is 5.75 Å². The summed E-state index contributed by atoms with van der Waals surface area (Å²) in [6, 6.07) is 8.72. The number of phenols is 1. The maximum atomic E-state index is 9.27. The summed E-state index contributed by atoms with van der Waals surface area (Å²) in [7, 11) is 0. The lowest BCUT2D eigenvalue weighted by molar-refractivity contribution is 0.255. The van der Waals surface area contributed by atoms with Crippen LogP contribution in [0.4, 0.5) is 0 Å². The normalized spacial score (nSPS) is 21.7. The van der Waals surface area contributed by atoms with Crippen LogP contribution in [0.1, 0.15) is 32.3 Å². The maximum absolute atomic E-state index is 9.27. The summed E-state index contributed by atoms with van der Waals surface area (Å²) in [6.07, 6.45) is 3.68. The molecule has 0 aromatic heterocycles. The molecular formula is C16H26N2O. The van der Waals surface area contributed by atoms with Crippen molar-refractivity contribution < 1.29 is 5.11 Å². The summed E-state index contributed by atoms with van der Waals surface area (Å²) < 4.78 is 0. The van der Waals surface area contributed by atoms with Crippen LogP contribution < -0.4 is 5.32 Å². The molecule has 1 fully saturated rings. The first kappa shape index (κ1) is 14.4. The molecule has 1 aliphatic rings. The van der Waals surface area contributed by atoms with Crippen LogP contribution in [0, 0.1) is 0 Å². The zero-order chi connectivity index (χ0) is 13.7. The highest BCUT2D eigenvalue weighted by Crippen LogP contribution is 2.16. The Morgan fingerprint density at radius 3 is 2.79 bits per heavy atom. The van der Waals surface area contributed by atoms with Crippen LogP contribution in [0.15, 0.2) is 24.3 Å². The average molecular weight is 262 g/mol. The highest BCUT2D eigenvalue weighted by atomic mass is 16.3. The minimum absolute atomic E-state index is 0.342. The number of hydrogen-bond acceptors (Lipinski definition) is 3. The van der Waals surface area contributed by atoms with E-state index < -0.39 is 0 Å². The highest BCUT2D eigenvalue weighted by molar-refractivity contribution is 5.26. The standard InChI is InChI=1S/C16H26N2O/c1-3-18-10-4-5-15(18)12-17-13(2)11-14-6-8-16(19)9-7-14/h6-9,13,15,17,19H,3-5,10-12H2,1-2H3. The van der Waals surface area contributed by atoms with E-state index in [1.807, 2.05) is 12.1 Å². The Hall–Kier alpha value is -1.06. The van der Waals surface area contributed by atoms with Crippen molar-refractivity contribution in [1.29, 1.82) is 0 Å². The summed E-state index contributed by atoms with van der Waals surface area (Å²) in [6.45, 7) is 8.00. The van der Waals surface area contributed by atoms with Gasteiger partial charge in [0.05, 0.1) is 0 Å². The number of phenolic OH excluding ortho intramolecular Hbond substituents is 1. The van der Waals surface area contributed by atoms with Crippen molar-refractivity contribution in [1.82, 2.24) is 10.2 Å². The molecule has 0 radical (unpaired) electrons. The van der Waals surface area contributed by atoms with Gasteiger partial charge in [0.25, 0.3) is 0 Å². The second-order valence-electron chi connectivity index (χ2n) is 5.60. The third-order valence-electron chi connectivity index (χ3n) is 4.09. The second kappa shape index (κ2) is 6.92. The van der Waals surface area contributed by atoms with Gasteiger partial charge < -0.3 is 10.4 Å². The molecule has 19 heavy (non-hydrogen) atoms. The Morgan fingerprint density at radius 2 is 2.11 bits per heavy atom. The fourth-order valence-electron chi connectivity index (χ4n) is 2.94. The van der Waals surface area contributed by atoms with Gasteiger partial charge >= 0.3 is 0 Å². The minimum Gasteiger partial charge on any atom is -0.508 e. The number of benzene rings is 1. The highest BCUT2D eigenvalue weighted by Gasteiger charge is 2.22. The zero-order valence-electron chi connectivity index (χ0n) is 12.1. The predicted octanol–water partition coefficient (Wildman–Crippen LogP) is 2.40. The van der Waals surface area contributed by atoms with E-state index in [0.717, 1.165) is 13.0 Å². The minimum atomic E-state index is 0.342. The van der Waals surface area contributed by atoms with Crippen LogP contribution >= 0.6 is 0 Å². The summed E-state index contributed by atoms with van der Waals surface area (Å²) in [4.78, 5) is 2.57. The quantitative estimate of drug-likeness (QED) is 0.826. The number of aromatic hydroxyl groups is 1. The molecule has 3 heteroatoms. The van der Waals surface area contributed by atoms with E-state index in [9.17, 15) is 5.11 Å². The van der Waals surface area contributed by atoms with Crippen LogP contribution in [-0.4, -0.2) is 41.7 Å². The van der Waals surface area contributed by atoms with E-state index in [4.69, 9.17) is 0 Å². The van der Waals surface area contributed by atoms with E-state index in [-0.39, 0.29) is 0 Å². The molecule has 1 aromatic rings. The van der Waals surface area contributed by atoms with Crippen LogP contribution in [0.25, 0.3) is 0 Å². The first-order valence-electron chi connectivity index (χ1n) is 7.44. The van der Waals surface area contributed by atoms with Gasteiger partial charge in [0.2, 0.25) is 0 Å². The summed E-state index contributed by atoms with van der Waals surface area (Å²) in [5.74, 6) is 0.342. The van der Waals surface area contributed by atoms with E-state index >= 15 is 0 Å².